The zero-order valence-corrected chi connectivity index (χ0v) is 13.5. The molecule has 1 N–H and O–H groups in total. The lowest BCUT2D eigenvalue weighted by Gasteiger charge is -2.41. The largest absolute Gasteiger partial charge is 0.491 e. The molecule has 2 saturated heterocycles. The van der Waals surface area contributed by atoms with E-state index < -0.39 is 0 Å². The van der Waals surface area contributed by atoms with Crippen molar-refractivity contribution in [1.82, 2.24) is 5.32 Å². The molecule has 0 spiro atoms. The molecule has 2 bridgehead atoms. The Hall–Kier alpha value is -1.22. The third kappa shape index (κ3) is 3.18. The summed E-state index contributed by atoms with van der Waals surface area (Å²) in [6, 6.07) is 10.8. The van der Waals surface area contributed by atoms with E-state index in [1.54, 1.807) is 0 Å². The van der Waals surface area contributed by atoms with Crippen LogP contribution < -0.4 is 15.0 Å². The standard InChI is InChI=1S/C18H28N2O/c1-4-19-14-11-16-5-6-17(12-14)20(16)15-7-9-18(10-8-15)21-13(2)3/h7-10,13-14,16-17,19H,4-6,11-12H2,1-3H3. The first-order chi connectivity index (χ1) is 10.2. The van der Waals surface area contributed by atoms with Gasteiger partial charge < -0.3 is 15.0 Å². The van der Waals surface area contributed by atoms with Crippen LogP contribution in [0.3, 0.4) is 0 Å². The van der Waals surface area contributed by atoms with E-state index in [0.717, 1.165) is 12.3 Å². The van der Waals surface area contributed by atoms with E-state index in [4.69, 9.17) is 4.74 Å². The molecule has 1 aromatic rings. The van der Waals surface area contributed by atoms with E-state index in [1.165, 1.54) is 31.4 Å². The van der Waals surface area contributed by atoms with E-state index in [9.17, 15) is 0 Å². The van der Waals surface area contributed by atoms with Crippen LogP contribution in [0, 0.1) is 0 Å². The molecule has 116 valence electrons. The summed E-state index contributed by atoms with van der Waals surface area (Å²) in [6.45, 7) is 7.44. The molecular formula is C18H28N2O. The lowest BCUT2D eigenvalue weighted by Crippen LogP contribution is -2.49. The fourth-order valence-corrected chi connectivity index (χ4v) is 4.02. The average molecular weight is 288 g/mol. The Morgan fingerprint density at radius 1 is 1.14 bits per heavy atom. The second kappa shape index (κ2) is 6.27. The van der Waals surface area contributed by atoms with Crippen LogP contribution in [-0.2, 0) is 0 Å². The molecule has 3 nitrogen and oxygen atoms in total. The smallest absolute Gasteiger partial charge is 0.119 e. The Labute approximate surface area is 128 Å². The van der Waals surface area contributed by atoms with Gasteiger partial charge >= 0.3 is 0 Å². The molecule has 0 amide bonds. The van der Waals surface area contributed by atoms with Crippen molar-refractivity contribution >= 4 is 5.69 Å². The first kappa shape index (κ1) is 14.7. The van der Waals surface area contributed by atoms with Gasteiger partial charge in [-0.3, -0.25) is 0 Å². The minimum atomic E-state index is 0.239. The molecule has 3 rings (SSSR count). The second-order valence-electron chi connectivity index (χ2n) is 6.68. The maximum atomic E-state index is 5.75. The average Bonchev–Trinajstić information content (AvgIpc) is 2.71. The highest BCUT2D eigenvalue weighted by Gasteiger charge is 2.40. The third-order valence-electron chi connectivity index (χ3n) is 4.73. The van der Waals surface area contributed by atoms with Crippen molar-refractivity contribution in [2.45, 2.75) is 70.7 Å². The van der Waals surface area contributed by atoms with Crippen molar-refractivity contribution in [3.05, 3.63) is 24.3 Å². The number of rotatable bonds is 5. The number of hydrogen-bond donors (Lipinski definition) is 1. The summed E-state index contributed by atoms with van der Waals surface area (Å²) in [6.07, 6.45) is 5.50. The zero-order valence-electron chi connectivity index (χ0n) is 13.5. The molecule has 0 radical (unpaired) electrons. The Morgan fingerprint density at radius 3 is 2.29 bits per heavy atom. The van der Waals surface area contributed by atoms with E-state index in [0.29, 0.717) is 18.1 Å². The first-order valence-corrected chi connectivity index (χ1v) is 8.45. The molecule has 0 aromatic heterocycles. The highest BCUT2D eigenvalue weighted by Crippen LogP contribution is 2.39. The number of nitrogens with one attached hydrogen (secondary N) is 1. The van der Waals surface area contributed by atoms with Crippen molar-refractivity contribution in [3.8, 4) is 5.75 Å². The van der Waals surface area contributed by atoms with Gasteiger partial charge in [0, 0.05) is 23.8 Å². The lowest BCUT2D eigenvalue weighted by atomic mass is 9.96. The second-order valence-corrected chi connectivity index (χ2v) is 6.68. The van der Waals surface area contributed by atoms with Gasteiger partial charge in [-0.05, 0) is 70.3 Å². The Balaban J connectivity index is 1.70. The van der Waals surface area contributed by atoms with Gasteiger partial charge in [0.15, 0.2) is 0 Å². The summed E-state index contributed by atoms with van der Waals surface area (Å²) in [7, 11) is 0. The number of piperidine rings is 1. The molecule has 2 aliphatic rings. The highest BCUT2D eigenvalue weighted by atomic mass is 16.5. The van der Waals surface area contributed by atoms with Crippen molar-refractivity contribution in [3.63, 3.8) is 0 Å². The fourth-order valence-electron chi connectivity index (χ4n) is 4.02. The molecule has 2 heterocycles. The van der Waals surface area contributed by atoms with Crippen LogP contribution in [0.4, 0.5) is 5.69 Å². The van der Waals surface area contributed by atoms with Crippen molar-refractivity contribution in [1.29, 1.82) is 0 Å². The molecule has 2 aliphatic heterocycles. The van der Waals surface area contributed by atoms with E-state index in [-0.39, 0.29) is 6.10 Å². The topological polar surface area (TPSA) is 24.5 Å². The van der Waals surface area contributed by atoms with E-state index in [2.05, 4.69) is 55.3 Å². The maximum absolute atomic E-state index is 5.75. The van der Waals surface area contributed by atoms with E-state index >= 15 is 0 Å². The van der Waals surface area contributed by atoms with Gasteiger partial charge in [-0.2, -0.15) is 0 Å². The first-order valence-electron chi connectivity index (χ1n) is 8.45. The number of nitrogens with zero attached hydrogens (tertiary/aromatic N) is 1. The molecule has 2 atom stereocenters. The molecule has 21 heavy (non-hydrogen) atoms. The minimum Gasteiger partial charge on any atom is -0.491 e. The van der Waals surface area contributed by atoms with Crippen LogP contribution in [0.2, 0.25) is 0 Å². The normalized spacial score (nSPS) is 28.2. The van der Waals surface area contributed by atoms with Crippen molar-refractivity contribution < 1.29 is 4.74 Å². The molecule has 1 aromatic carbocycles. The van der Waals surface area contributed by atoms with Crippen LogP contribution in [0.25, 0.3) is 0 Å². The van der Waals surface area contributed by atoms with Crippen molar-refractivity contribution in [2.24, 2.45) is 0 Å². The fraction of sp³-hybridized carbons (Fsp3) is 0.667. The predicted molar refractivity (Wildman–Crippen MR) is 88.2 cm³/mol. The van der Waals surface area contributed by atoms with Crippen LogP contribution in [0.15, 0.2) is 24.3 Å². The van der Waals surface area contributed by atoms with Gasteiger partial charge in [-0.25, -0.2) is 0 Å². The number of fused-ring (bicyclic) bond motifs is 2. The van der Waals surface area contributed by atoms with Gasteiger partial charge in [0.25, 0.3) is 0 Å². The van der Waals surface area contributed by atoms with Gasteiger partial charge in [-0.1, -0.05) is 6.92 Å². The molecule has 0 aliphatic carbocycles. The number of benzene rings is 1. The molecule has 0 saturated carbocycles. The summed E-state index contributed by atoms with van der Waals surface area (Å²) in [4.78, 5) is 2.66. The summed E-state index contributed by atoms with van der Waals surface area (Å²) in [5.41, 5.74) is 1.37. The monoisotopic (exact) mass is 288 g/mol. The molecule has 3 heteroatoms. The van der Waals surface area contributed by atoms with Gasteiger partial charge in [-0.15, -0.1) is 0 Å². The van der Waals surface area contributed by atoms with Crippen LogP contribution in [0.5, 0.6) is 5.75 Å². The lowest BCUT2D eigenvalue weighted by molar-refractivity contribution is 0.242. The summed E-state index contributed by atoms with van der Waals surface area (Å²) in [5, 5.41) is 3.64. The number of ether oxygens (including phenoxy) is 1. The van der Waals surface area contributed by atoms with Gasteiger partial charge in [0.2, 0.25) is 0 Å². The molecule has 2 unspecified atom stereocenters. The summed E-state index contributed by atoms with van der Waals surface area (Å²) >= 11 is 0. The molecular weight excluding hydrogens is 260 g/mol. The highest BCUT2D eigenvalue weighted by molar-refractivity contribution is 5.52. The SMILES string of the molecule is CCNC1CC2CCC(C1)N2c1ccc(OC(C)C)cc1. The maximum Gasteiger partial charge on any atom is 0.119 e. The minimum absolute atomic E-state index is 0.239. The predicted octanol–water partition coefficient (Wildman–Crippen LogP) is 3.58. The Kier molecular flexibility index (Phi) is 4.39. The quantitative estimate of drug-likeness (QED) is 0.896. The Bertz CT molecular complexity index is 443. The summed E-state index contributed by atoms with van der Waals surface area (Å²) in [5.74, 6) is 0.976. The third-order valence-corrected chi connectivity index (χ3v) is 4.73. The van der Waals surface area contributed by atoms with Crippen LogP contribution in [0.1, 0.15) is 46.5 Å². The summed E-state index contributed by atoms with van der Waals surface area (Å²) < 4.78 is 5.75. The van der Waals surface area contributed by atoms with Crippen LogP contribution in [-0.4, -0.2) is 30.8 Å². The van der Waals surface area contributed by atoms with Gasteiger partial charge in [0.1, 0.15) is 5.75 Å². The van der Waals surface area contributed by atoms with Crippen molar-refractivity contribution in [2.75, 3.05) is 11.4 Å². The van der Waals surface area contributed by atoms with Gasteiger partial charge in [0.05, 0.1) is 6.10 Å². The zero-order chi connectivity index (χ0) is 14.8. The number of anilines is 1. The van der Waals surface area contributed by atoms with Crippen LogP contribution >= 0.6 is 0 Å². The number of hydrogen-bond acceptors (Lipinski definition) is 3. The Morgan fingerprint density at radius 2 is 1.76 bits per heavy atom. The molecule has 2 fully saturated rings. The van der Waals surface area contributed by atoms with E-state index in [1.807, 2.05) is 0 Å².